The van der Waals surface area contributed by atoms with Gasteiger partial charge >= 0.3 is 5.97 Å². The minimum atomic E-state index is -1.05. The standard InChI is InChI=1S/C13H20O4/c1-4-16-12(15)13(2,3)11(14)9-7-8-5-6-10(9)17-8/h8-10H,4-7H2,1-3H3. The monoisotopic (exact) mass is 240 g/mol. The van der Waals surface area contributed by atoms with Gasteiger partial charge in [-0.3, -0.25) is 9.59 Å². The van der Waals surface area contributed by atoms with E-state index in [0.717, 1.165) is 19.3 Å². The van der Waals surface area contributed by atoms with Gasteiger partial charge < -0.3 is 9.47 Å². The second-order valence-electron chi connectivity index (χ2n) is 5.43. The highest BCUT2D eigenvalue weighted by Crippen LogP contribution is 2.42. The molecule has 3 unspecified atom stereocenters. The van der Waals surface area contributed by atoms with Crippen molar-refractivity contribution >= 4 is 11.8 Å². The molecule has 2 fully saturated rings. The fourth-order valence-electron chi connectivity index (χ4n) is 2.79. The van der Waals surface area contributed by atoms with Gasteiger partial charge in [0.05, 0.1) is 18.8 Å². The van der Waals surface area contributed by atoms with Crippen LogP contribution in [0.25, 0.3) is 0 Å². The third-order valence-electron chi connectivity index (χ3n) is 3.84. The van der Waals surface area contributed by atoms with Gasteiger partial charge in [-0.25, -0.2) is 0 Å². The van der Waals surface area contributed by atoms with E-state index in [1.165, 1.54) is 0 Å². The predicted octanol–water partition coefficient (Wildman–Crippen LogP) is 1.71. The Morgan fingerprint density at radius 3 is 2.53 bits per heavy atom. The number of carbonyl (C=O) groups excluding carboxylic acids is 2. The molecule has 2 rings (SSSR count). The molecular formula is C13H20O4. The Balaban J connectivity index is 2.06. The Morgan fingerprint density at radius 2 is 2.06 bits per heavy atom. The van der Waals surface area contributed by atoms with Gasteiger partial charge in [0.2, 0.25) is 0 Å². The van der Waals surface area contributed by atoms with Crippen molar-refractivity contribution in [2.75, 3.05) is 6.61 Å². The molecule has 2 aliphatic heterocycles. The van der Waals surface area contributed by atoms with E-state index in [0.29, 0.717) is 6.61 Å². The van der Waals surface area contributed by atoms with Crippen LogP contribution >= 0.6 is 0 Å². The van der Waals surface area contributed by atoms with E-state index in [2.05, 4.69) is 0 Å². The molecule has 0 aromatic rings. The lowest BCUT2D eigenvalue weighted by molar-refractivity contribution is -0.159. The van der Waals surface area contributed by atoms with Gasteiger partial charge in [-0.2, -0.15) is 0 Å². The van der Waals surface area contributed by atoms with Crippen LogP contribution in [0.3, 0.4) is 0 Å². The number of ether oxygens (including phenoxy) is 2. The first-order valence-electron chi connectivity index (χ1n) is 6.33. The van der Waals surface area contributed by atoms with Crippen LogP contribution in [0.1, 0.15) is 40.0 Å². The molecule has 0 aromatic heterocycles. The van der Waals surface area contributed by atoms with E-state index in [1.54, 1.807) is 20.8 Å². The zero-order valence-electron chi connectivity index (χ0n) is 10.7. The van der Waals surface area contributed by atoms with Crippen molar-refractivity contribution in [3.8, 4) is 0 Å². The Kier molecular flexibility index (Phi) is 3.25. The Bertz CT molecular complexity index is 334. The maximum atomic E-state index is 12.4. The maximum absolute atomic E-state index is 12.4. The lowest BCUT2D eigenvalue weighted by atomic mass is 9.75. The van der Waals surface area contributed by atoms with Crippen molar-refractivity contribution in [1.82, 2.24) is 0 Å². The van der Waals surface area contributed by atoms with Gasteiger partial charge in [0.1, 0.15) is 5.41 Å². The third kappa shape index (κ3) is 2.10. The fraction of sp³-hybridized carbons (Fsp3) is 0.846. The van der Waals surface area contributed by atoms with Crippen molar-refractivity contribution in [3.05, 3.63) is 0 Å². The third-order valence-corrected chi connectivity index (χ3v) is 3.84. The van der Waals surface area contributed by atoms with Crippen molar-refractivity contribution in [3.63, 3.8) is 0 Å². The van der Waals surface area contributed by atoms with E-state index < -0.39 is 11.4 Å². The van der Waals surface area contributed by atoms with Crippen molar-refractivity contribution in [1.29, 1.82) is 0 Å². The number of esters is 1. The summed E-state index contributed by atoms with van der Waals surface area (Å²) in [5.74, 6) is -0.566. The van der Waals surface area contributed by atoms with Crippen LogP contribution in [0.4, 0.5) is 0 Å². The molecule has 0 aliphatic carbocycles. The van der Waals surface area contributed by atoms with Gasteiger partial charge in [-0.1, -0.05) is 0 Å². The molecule has 2 saturated heterocycles. The summed E-state index contributed by atoms with van der Waals surface area (Å²) in [6.45, 7) is 5.36. The molecule has 4 heteroatoms. The molecule has 0 aromatic carbocycles. The van der Waals surface area contributed by atoms with E-state index >= 15 is 0 Å². The zero-order valence-corrected chi connectivity index (χ0v) is 10.7. The van der Waals surface area contributed by atoms with Gasteiger partial charge in [0, 0.05) is 5.92 Å². The average molecular weight is 240 g/mol. The lowest BCUT2D eigenvalue weighted by Gasteiger charge is -2.27. The Morgan fingerprint density at radius 1 is 1.35 bits per heavy atom. The van der Waals surface area contributed by atoms with Crippen molar-refractivity contribution in [2.24, 2.45) is 11.3 Å². The van der Waals surface area contributed by atoms with E-state index in [4.69, 9.17) is 9.47 Å². The molecule has 0 saturated carbocycles. The van der Waals surface area contributed by atoms with Crippen LogP contribution in [0.2, 0.25) is 0 Å². The van der Waals surface area contributed by atoms with Crippen molar-refractivity contribution in [2.45, 2.75) is 52.2 Å². The van der Waals surface area contributed by atoms with Crippen LogP contribution in [-0.2, 0) is 19.1 Å². The van der Waals surface area contributed by atoms with E-state index in [9.17, 15) is 9.59 Å². The molecule has 2 heterocycles. The molecule has 4 nitrogen and oxygen atoms in total. The van der Waals surface area contributed by atoms with E-state index in [1.807, 2.05) is 0 Å². The fourth-order valence-corrected chi connectivity index (χ4v) is 2.79. The molecule has 96 valence electrons. The number of hydrogen-bond acceptors (Lipinski definition) is 4. The predicted molar refractivity (Wildman–Crippen MR) is 61.4 cm³/mol. The highest BCUT2D eigenvalue weighted by atomic mass is 16.5. The molecule has 0 radical (unpaired) electrons. The van der Waals surface area contributed by atoms with Crippen LogP contribution in [-0.4, -0.2) is 30.6 Å². The average Bonchev–Trinajstić information content (AvgIpc) is 2.89. The summed E-state index contributed by atoms with van der Waals surface area (Å²) in [6, 6.07) is 0. The summed E-state index contributed by atoms with van der Waals surface area (Å²) >= 11 is 0. The molecule has 0 spiro atoms. The number of hydrogen-bond donors (Lipinski definition) is 0. The number of carbonyl (C=O) groups is 2. The van der Waals surface area contributed by atoms with Crippen LogP contribution in [0.15, 0.2) is 0 Å². The summed E-state index contributed by atoms with van der Waals surface area (Å²) in [6.07, 6.45) is 3.02. The molecule has 0 N–H and O–H groups in total. The molecular weight excluding hydrogens is 220 g/mol. The molecule has 17 heavy (non-hydrogen) atoms. The second kappa shape index (κ2) is 4.41. The summed E-state index contributed by atoms with van der Waals surface area (Å²) in [5.41, 5.74) is -1.05. The summed E-state index contributed by atoms with van der Waals surface area (Å²) in [5, 5.41) is 0. The first-order chi connectivity index (χ1) is 7.96. The molecule has 2 aliphatic rings. The van der Waals surface area contributed by atoms with Crippen LogP contribution in [0.5, 0.6) is 0 Å². The van der Waals surface area contributed by atoms with Gasteiger partial charge in [0.25, 0.3) is 0 Å². The lowest BCUT2D eigenvalue weighted by Crippen LogP contribution is -2.42. The number of fused-ring (bicyclic) bond motifs is 2. The normalized spacial score (nSPS) is 31.6. The molecule has 2 bridgehead atoms. The summed E-state index contributed by atoms with van der Waals surface area (Å²) < 4.78 is 10.6. The minimum Gasteiger partial charge on any atom is -0.465 e. The van der Waals surface area contributed by atoms with Gasteiger partial charge in [-0.15, -0.1) is 0 Å². The van der Waals surface area contributed by atoms with Crippen LogP contribution < -0.4 is 0 Å². The summed E-state index contributed by atoms with van der Waals surface area (Å²) in [4.78, 5) is 24.2. The number of rotatable bonds is 4. The zero-order chi connectivity index (χ0) is 12.6. The minimum absolute atomic E-state index is 0.0249. The molecule has 0 amide bonds. The maximum Gasteiger partial charge on any atom is 0.319 e. The Hall–Kier alpha value is -0.900. The quantitative estimate of drug-likeness (QED) is 0.554. The highest BCUT2D eigenvalue weighted by molar-refractivity contribution is 6.04. The second-order valence-corrected chi connectivity index (χ2v) is 5.43. The van der Waals surface area contributed by atoms with Gasteiger partial charge in [0.15, 0.2) is 5.78 Å². The first-order valence-corrected chi connectivity index (χ1v) is 6.33. The number of ketones is 1. The Labute approximate surface area is 102 Å². The molecule has 3 atom stereocenters. The van der Waals surface area contributed by atoms with Crippen LogP contribution in [0, 0.1) is 11.3 Å². The van der Waals surface area contributed by atoms with Gasteiger partial charge in [-0.05, 0) is 40.0 Å². The summed E-state index contributed by atoms with van der Waals surface area (Å²) in [7, 11) is 0. The highest BCUT2D eigenvalue weighted by Gasteiger charge is 2.50. The van der Waals surface area contributed by atoms with E-state index in [-0.39, 0.29) is 23.9 Å². The first kappa shape index (κ1) is 12.6. The largest absolute Gasteiger partial charge is 0.465 e. The SMILES string of the molecule is CCOC(=O)C(C)(C)C(=O)C1CC2CCC1O2. The number of Topliss-reactive ketones (excluding diaryl/α,β-unsaturated/α-hetero) is 1. The topological polar surface area (TPSA) is 52.6 Å². The smallest absolute Gasteiger partial charge is 0.319 e. The van der Waals surface area contributed by atoms with Crippen molar-refractivity contribution < 1.29 is 19.1 Å².